The van der Waals surface area contributed by atoms with Gasteiger partial charge in [-0.15, -0.1) is 0 Å². The molecule has 0 unspecified atom stereocenters. The summed E-state index contributed by atoms with van der Waals surface area (Å²) in [4.78, 5) is 30.6. The second kappa shape index (κ2) is 7.71. The maximum atomic E-state index is 13.4. The average molecular weight is 482 g/mol. The summed E-state index contributed by atoms with van der Waals surface area (Å²) in [5.41, 5.74) is 3.22. The summed E-state index contributed by atoms with van der Waals surface area (Å²) in [5, 5.41) is 0.618. The maximum Gasteiger partial charge on any atom is 0.259 e. The van der Waals surface area contributed by atoms with Crippen molar-refractivity contribution in [1.82, 2.24) is 9.47 Å². The predicted molar refractivity (Wildman–Crippen MR) is 125 cm³/mol. The van der Waals surface area contributed by atoms with Crippen LogP contribution in [-0.2, 0) is 6.42 Å². The molecule has 0 radical (unpaired) electrons. The Labute approximate surface area is 189 Å². The quantitative estimate of drug-likeness (QED) is 0.569. The van der Waals surface area contributed by atoms with Crippen LogP contribution in [0, 0.1) is 0 Å². The molecule has 1 atom stereocenters. The van der Waals surface area contributed by atoms with Crippen molar-refractivity contribution in [2.24, 2.45) is 0 Å². The zero-order valence-electron chi connectivity index (χ0n) is 17.6. The topological polar surface area (TPSA) is 54.8 Å². The molecule has 7 heteroatoms. The number of pyridine rings is 1. The smallest absolute Gasteiger partial charge is 0.259 e. The number of amides is 1. The molecule has 3 heterocycles. The van der Waals surface area contributed by atoms with Gasteiger partial charge in [-0.05, 0) is 43.2 Å². The van der Waals surface area contributed by atoms with Gasteiger partial charge in [0.2, 0.25) is 5.43 Å². The lowest BCUT2D eigenvalue weighted by atomic mass is 10.1. The van der Waals surface area contributed by atoms with Crippen LogP contribution >= 0.6 is 15.9 Å². The minimum absolute atomic E-state index is 0.181. The summed E-state index contributed by atoms with van der Waals surface area (Å²) >= 11 is 3.52. The van der Waals surface area contributed by atoms with Crippen LogP contribution in [0.4, 0.5) is 5.69 Å². The molecule has 1 amide bonds. The molecular formula is C24H24BrN3O3. The van der Waals surface area contributed by atoms with E-state index in [2.05, 4.69) is 38.4 Å². The lowest BCUT2D eigenvalue weighted by Gasteiger charge is -2.36. The number of nitrogens with zero attached hydrogens (tertiary/aromatic N) is 3. The minimum atomic E-state index is -0.184. The van der Waals surface area contributed by atoms with Crippen molar-refractivity contribution < 1.29 is 9.53 Å². The highest BCUT2D eigenvalue weighted by Gasteiger charge is 2.29. The van der Waals surface area contributed by atoms with E-state index in [0.717, 1.165) is 33.4 Å². The van der Waals surface area contributed by atoms with Gasteiger partial charge in [-0.3, -0.25) is 9.59 Å². The molecule has 1 fully saturated rings. The molecule has 1 aromatic heterocycles. The number of para-hydroxylation sites is 2. The van der Waals surface area contributed by atoms with E-state index in [1.165, 1.54) is 0 Å². The molecule has 0 N–H and O–H groups in total. The molecule has 2 aliphatic heterocycles. The van der Waals surface area contributed by atoms with Crippen LogP contribution in [0.5, 0.6) is 5.75 Å². The van der Waals surface area contributed by atoms with E-state index in [4.69, 9.17) is 4.74 Å². The number of benzene rings is 2. The van der Waals surface area contributed by atoms with Crippen molar-refractivity contribution in [3.8, 4) is 5.75 Å². The normalized spacial score (nSPS) is 18.0. The van der Waals surface area contributed by atoms with Crippen molar-refractivity contribution in [1.29, 1.82) is 0 Å². The third-order valence-electron chi connectivity index (χ3n) is 6.38. The van der Waals surface area contributed by atoms with Gasteiger partial charge in [0.25, 0.3) is 5.91 Å². The van der Waals surface area contributed by atoms with Crippen molar-refractivity contribution in [3.63, 3.8) is 0 Å². The van der Waals surface area contributed by atoms with E-state index in [9.17, 15) is 9.59 Å². The molecule has 2 aliphatic rings. The number of ether oxygens (including phenoxy) is 1. The van der Waals surface area contributed by atoms with Crippen LogP contribution < -0.4 is 15.1 Å². The molecule has 0 aliphatic carbocycles. The third-order valence-corrected chi connectivity index (χ3v) is 6.84. The number of methoxy groups -OCH3 is 1. The summed E-state index contributed by atoms with van der Waals surface area (Å²) in [5.74, 6) is 0.643. The molecule has 2 aromatic carbocycles. The highest BCUT2D eigenvalue weighted by molar-refractivity contribution is 9.10. The first-order chi connectivity index (χ1) is 15.0. The number of anilines is 1. The van der Waals surface area contributed by atoms with Gasteiger partial charge in [-0.2, -0.15) is 0 Å². The van der Waals surface area contributed by atoms with Crippen LogP contribution in [0.25, 0.3) is 10.9 Å². The Morgan fingerprint density at radius 2 is 1.87 bits per heavy atom. The third kappa shape index (κ3) is 3.31. The number of hydrogen-bond donors (Lipinski definition) is 0. The largest absolute Gasteiger partial charge is 0.495 e. The monoisotopic (exact) mass is 481 g/mol. The van der Waals surface area contributed by atoms with Crippen molar-refractivity contribution in [3.05, 3.63) is 68.4 Å². The molecular weight excluding hydrogens is 458 g/mol. The summed E-state index contributed by atoms with van der Waals surface area (Å²) in [6, 6.07) is 12.0. The Morgan fingerprint density at radius 3 is 2.61 bits per heavy atom. The first kappa shape index (κ1) is 20.1. The van der Waals surface area contributed by atoms with Gasteiger partial charge in [0.15, 0.2) is 0 Å². The summed E-state index contributed by atoms with van der Waals surface area (Å²) in [6.07, 6.45) is 2.64. The van der Waals surface area contributed by atoms with Crippen molar-refractivity contribution >= 4 is 38.4 Å². The molecule has 31 heavy (non-hydrogen) atoms. The SMILES string of the molecule is COc1ccccc1N1CCN(C(=O)c2cn3c4c(cc(Br)cc4c2=O)C[C@H]3C)CC1. The molecule has 160 valence electrons. The minimum Gasteiger partial charge on any atom is -0.495 e. The van der Waals surface area contributed by atoms with E-state index in [-0.39, 0.29) is 22.9 Å². The number of rotatable bonds is 3. The molecule has 0 spiro atoms. The first-order valence-electron chi connectivity index (χ1n) is 10.5. The average Bonchev–Trinajstić information content (AvgIpc) is 3.10. The predicted octanol–water partition coefficient (Wildman–Crippen LogP) is 3.85. The first-order valence-corrected chi connectivity index (χ1v) is 11.3. The Bertz CT molecular complexity index is 1240. The zero-order valence-corrected chi connectivity index (χ0v) is 19.2. The lowest BCUT2D eigenvalue weighted by molar-refractivity contribution is 0.0744. The Morgan fingerprint density at radius 1 is 1.13 bits per heavy atom. The summed E-state index contributed by atoms with van der Waals surface area (Å²) in [7, 11) is 1.67. The van der Waals surface area contributed by atoms with Gasteiger partial charge in [-0.1, -0.05) is 28.1 Å². The van der Waals surface area contributed by atoms with Gasteiger partial charge in [0, 0.05) is 48.3 Å². The highest BCUT2D eigenvalue weighted by atomic mass is 79.9. The number of hydrogen-bond acceptors (Lipinski definition) is 4. The maximum absolute atomic E-state index is 13.4. The number of halogens is 1. The van der Waals surface area contributed by atoms with E-state index >= 15 is 0 Å². The van der Waals surface area contributed by atoms with E-state index in [1.807, 2.05) is 30.3 Å². The number of aromatic nitrogens is 1. The Kier molecular flexibility index (Phi) is 5.01. The second-order valence-electron chi connectivity index (χ2n) is 8.24. The van der Waals surface area contributed by atoms with Crippen molar-refractivity contribution in [2.45, 2.75) is 19.4 Å². The second-order valence-corrected chi connectivity index (χ2v) is 9.16. The number of carbonyl (C=O) groups excluding carboxylic acids is 1. The molecule has 0 bridgehead atoms. The number of piperazine rings is 1. The lowest BCUT2D eigenvalue weighted by Crippen LogP contribution is -2.49. The Hall–Kier alpha value is -2.80. The van der Waals surface area contributed by atoms with Crippen LogP contribution in [0.15, 0.2) is 51.9 Å². The van der Waals surface area contributed by atoms with Gasteiger partial charge < -0.3 is 19.1 Å². The molecule has 6 nitrogen and oxygen atoms in total. The van der Waals surface area contributed by atoms with Gasteiger partial charge in [0.05, 0.1) is 18.3 Å². The van der Waals surface area contributed by atoms with Gasteiger partial charge in [-0.25, -0.2) is 0 Å². The van der Waals surface area contributed by atoms with Crippen LogP contribution in [-0.4, -0.2) is 48.7 Å². The zero-order chi connectivity index (χ0) is 21.7. The summed E-state index contributed by atoms with van der Waals surface area (Å²) < 4.78 is 8.45. The van der Waals surface area contributed by atoms with Gasteiger partial charge >= 0.3 is 0 Å². The van der Waals surface area contributed by atoms with Gasteiger partial charge in [0.1, 0.15) is 11.3 Å². The van der Waals surface area contributed by atoms with Crippen LogP contribution in [0.3, 0.4) is 0 Å². The molecule has 1 saturated heterocycles. The van der Waals surface area contributed by atoms with E-state index in [1.54, 1.807) is 18.2 Å². The molecule has 3 aromatic rings. The van der Waals surface area contributed by atoms with Crippen LogP contribution in [0.1, 0.15) is 28.9 Å². The fraction of sp³-hybridized carbons (Fsp3) is 0.333. The van der Waals surface area contributed by atoms with Crippen molar-refractivity contribution in [2.75, 3.05) is 38.2 Å². The molecule has 0 saturated carbocycles. The fourth-order valence-corrected chi connectivity index (χ4v) is 5.33. The Balaban J connectivity index is 1.43. The standard InChI is InChI=1S/C24H24BrN3O3/c1-15-11-16-12-17(25)13-18-22(16)28(15)14-19(23(18)29)24(30)27-9-7-26(8-10-27)20-5-3-4-6-21(20)31-2/h3-6,12-15H,7-11H2,1-2H3/t15-/m1/s1. The number of carbonyl (C=O) groups is 1. The highest BCUT2D eigenvalue weighted by Crippen LogP contribution is 2.34. The van der Waals surface area contributed by atoms with Crippen LogP contribution in [0.2, 0.25) is 0 Å². The van der Waals surface area contributed by atoms with E-state index in [0.29, 0.717) is 31.6 Å². The fourth-order valence-electron chi connectivity index (χ4n) is 4.83. The molecule has 5 rings (SSSR count). The van der Waals surface area contributed by atoms with E-state index < -0.39 is 0 Å². The summed E-state index contributed by atoms with van der Waals surface area (Å²) in [6.45, 7) is 4.64.